The summed E-state index contributed by atoms with van der Waals surface area (Å²) in [5.41, 5.74) is 3.90. The van der Waals surface area contributed by atoms with Crippen LogP contribution in [0.2, 0.25) is 0 Å². The quantitative estimate of drug-likeness (QED) is 0.934. The highest BCUT2D eigenvalue weighted by Crippen LogP contribution is 2.29. The Kier molecular flexibility index (Phi) is 3.61. The van der Waals surface area contributed by atoms with Crippen molar-refractivity contribution in [2.45, 2.75) is 38.8 Å². The van der Waals surface area contributed by atoms with E-state index in [1.165, 1.54) is 17.5 Å². The van der Waals surface area contributed by atoms with Crippen molar-refractivity contribution >= 4 is 11.6 Å². The van der Waals surface area contributed by atoms with Gasteiger partial charge in [0.1, 0.15) is 0 Å². The lowest BCUT2D eigenvalue weighted by Crippen LogP contribution is -2.29. The molecule has 6 heteroatoms. The van der Waals surface area contributed by atoms with Crippen molar-refractivity contribution in [3.8, 4) is 0 Å². The zero-order valence-corrected chi connectivity index (χ0v) is 13.3. The van der Waals surface area contributed by atoms with Crippen LogP contribution in [0, 0.1) is 6.92 Å². The first-order valence-electron chi connectivity index (χ1n) is 8.25. The number of aryl methyl sites for hydroxylation is 1. The van der Waals surface area contributed by atoms with Gasteiger partial charge in [0.2, 0.25) is 0 Å². The minimum atomic E-state index is -0.0572. The van der Waals surface area contributed by atoms with E-state index in [0.717, 1.165) is 31.6 Å². The summed E-state index contributed by atoms with van der Waals surface area (Å²) in [6, 6.07) is 6.68. The average Bonchev–Trinajstić information content (AvgIpc) is 3.27. The van der Waals surface area contributed by atoms with Crippen LogP contribution in [0.5, 0.6) is 0 Å². The molecule has 1 saturated heterocycles. The lowest BCUT2D eigenvalue weighted by atomic mass is 10.1. The number of hydrogen-bond acceptors (Lipinski definition) is 4. The van der Waals surface area contributed by atoms with E-state index in [2.05, 4.69) is 28.6 Å². The number of anilines is 1. The molecule has 4 rings (SSSR count). The molecular weight excluding hydrogens is 290 g/mol. The number of nitrogens with one attached hydrogen (secondary N) is 1. The first-order chi connectivity index (χ1) is 11.2. The molecule has 2 aliphatic heterocycles. The first kappa shape index (κ1) is 14.4. The number of amides is 1. The molecule has 1 atom stereocenters. The zero-order chi connectivity index (χ0) is 15.8. The largest absolute Gasteiger partial charge is 0.312 e. The molecule has 0 saturated carbocycles. The molecule has 1 unspecified atom stereocenters. The third-order valence-corrected chi connectivity index (χ3v) is 4.70. The second-order valence-corrected chi connectivity index (χ2v) is 6.46. The molecule has 120 valence electrons. The fraction of sp³-hybridized carbons (Fsp3) is 0.471. The number of rotatable bonds is 3. The first-order valence-corrected chi connectivity index (χ1v) is 8.25. The van der Waals surface area contributed by atoms with E-state index in [1.54, 1.807) is 10.9 Å². The average molecular weight is 311 g/mol. The molecule has 2 aromatic rings. The predicted molar refractivity (Wildman–Crippen MR) is 87.6 cm³/mol. The van der Waals surface area contributed by atoms with Gasteiger partial charge in [-0.1, -0.05) is 22.9 Å². The second-order valence-electron chi connectivity index (χ2n) is 6.46. The topological polar surface area (TPSA) is 63.1 Å². The summed E-state index contributed by atoms with van der Waals surface area (Å²) >= 11 is 0. The Balaban J connectivity index is 1.51. The van der Waals surface area contributed by atoms with Gasteiger partial charge in [-0.2, -0.15) is 0 Å². The SMILES string of the molecule is Cc1ccc2c(c1)CCN2C(=O)c1cn(CC2CCCN2)nn1. The lowest BCUT2D eigenvalue weighted by molar-refractivity contribution is 0.0984. The molecule has 1 aromatic heterocycles. The van der Waals surface area contributed by atoms with Crippen LogP contribution in [0.15, 0.2) is 24.4 Å². The van der Waals surface area contributed by atoms with Crippen molar-refractivity contribution in [1.29, 1.82) is 0 Å². The molecule has 0 aliphatic carbocycles. The Morgan fingerprint density at radius 2 is 2.35 bits per heavy atom. The second kappa shape index (κ2) is 5.77. The van der Waals surface area contributed by atoms with Crippen molar-refractivity contribution in [3.05, 3.63) is 41.2 Å². The van der Waals surface area contributed by atoms with Gasteiger partial charge in [0, 0.05) is 18.3 Å². The Labute approximate surface area is 135 Å². The fourth-order valence-corrected chi connectivity index (χ4v) is 3.50. The molecule has 0 spiro atoms. The van der Waals surface area contributed by atoms with Crippen LogP contribution >= 0.6 is 0 Å². The van der Waals surface area contributed by atoms with Gasteiger partial charge in [0.25, 0.3) is 5.91 Å². The summed E-state index contributed by atoms with van der Waals surface area (Å²) in [4.78, 5) is 14.6. The zero-order valence-electron chi connectivity index (χ0n) is 13.3. The predicted octanol–water partition coefficient (Wildman–Crippen LogP) is 1.54. The van der Waals surface area contributed by atoms with Crippen molar-refractivity contribution in [1.82, 2.24) is 20.3 Å². The number of fused-ring (bicyclic) bond motifs is 1. The summed E-state index contributed by atoms with van der Waals surface area (Å²) in [7, 11) is 0. The fourth-order valence-electron chi connectivity index (χ4n) is 3.50. The number of nitrogens with zero attached hydrogens (tertiary/aromatic N) is 4. The molecule has 1 fully saturated rings. The molecule has 3 heterocycles. The normalized spacial score (nSPS) is 20.0. The highest BCUT2D eigenvalue weighted by molar-refractivity contribution is 6.05. The number of carbonyl (C=O) groups excluding carboxylic acids is 1. The van der Waals surface area contributed by atoms with Crippen molar-refractivity contribution in [3.63, 3.8) is 0 Å². The molecule has 23 heavy (non-hydrogen) atoms. The summed E-state index contributed by atoms with van der Waals surface area (Å²) in [6.07, 6.45) is 5.04. The van der Waals surface area contributed by atoms with Gasteiger partial charge in [0.05, 0.1) is 12.7 Å². The molecule has 1 amide bonds. The van der Waals surface area contributed by atoms with E-state index in [0.29, 0.717) is 18.3 Å². The minimum absolute atomic E-state index is 0.0572. The summed E-state index contributed by atoms with van der Waals surface area (Å²) < 4.78 is 1.78. The molecule has 0 radical (unpaired) electrons. The summed E-state index contributed by atoms with van der Waals surface area (Å²) in [6.45, 7) is 4.63. The van der Waals surface area contributed by atoms with Crippen LogP contribution < -0.4 is 10.2 Å². The summed E-state index contributed by atoms with van der Waals surface area (Å²) in [5, 5.41) is 11.6. The highest BCUT2D eigenvalue weighted by atomic mass is 16.2. The standard InChI is InChI=1S/C17H21N5O/c1-12-4-5-16-13(9-12)6-8-22(16)17(23)15-11-21(20-19-15)10-14-3-2-7-18-14/h4-5,9,11,14,18H,2-3,6-8,10H2,1H3. The van der Waals surface area contributed by atoms with Gasteiger partial charge in [-0.3, -0.25) is 9.48 Å². The number of benzene rings is 1. The van der Waals surface area contributed by atoms with E-state index < -0.39 is 0 Å². The van der Waals surface area contributed by atoms with Gasteiger partial charge < -0.3 is 10.2 Å². The minimum Gasteiger partial charge on any atom is -0.312 e. The molecular formula is C17H21N5O. The van der Waals surface area contributed by atoms with E-state index in [1.807, 2.05) is 17.0 Å². The van der Waals surface area contributed by atoms with Crippen LogP contribution in [0.3, 0.4) is 0 Å². The van der Waals surface area contributed by atoms with E-state index in [-0.39, 0.29) is 5.91 Å². The Hall–Kier alpha value is -2.21. The number of carbonyl (C=O) groups is 1. The van der Waals surface area contributed by atoms with Crippen LogP contribution in [0.4, 0.5) is 5.69 Å². The van der Waals surface area contributed by atoms with Gasteiger partial charge in [-0.25, -0.2) is 0 Å². The maximum absolute atomic E-state index is 12.7. The maximum atomic E-state index is 12.7. The molecule has 0 bridgehead atoms. The van der Waals surface area contributed by atoms with Gasteiger partial charge in [-0.05, 0) is 44.4 Å². The number of aromatic nitrogens is 3. The smallest absolute Gasteiger partial charge is 0.280 e. The lowest BCUT2D eigenvalue weighted by Gasteiger charge is -2.15. The Morgan fingerprint density at radius 1 is 1.43 bits per heavy atom. The molecule has 1 aromatic carbocycles. The van der Waals surface area contributed by atoms with Gasteiger partial charge >= 0.3 is 0 Å². The van der Waals surface area contributed by atoms with Crippen molar-refractivity contribution in [2.75, 3.05) is 18.0 Å². The van der Waals surface area contributed by atoms with E-state index >= 15 is 0 Å². The van der Waals surface area contributed by atoms with Gasteiger partial charge in [-0.15, -0.1) is 5.10 Å². The maximum Gasteiger partial charge on any atom is 0.280 e. The van der Waals surface area contributed by atoms with Crippen LogP contribution in [0.1, 0.15) is 34.5 Å². The molecule has 6 nitrogen and oxygen atoms in total. The van der Waals surface area contributed by atoms with Crippen LogP contribution in [-0.4, -0.2) is 40.0 Å². The monoisotopic (exact) mass is 311 g/mol. The van der Waals surface area contributed by atoms with Crippen molar-refractivity contribution < 1.29 is 4.79 Å². The van der Waals surface area contributed by atoms with Crippen LogP contribution in [0.25, 0.3) is 0 Å². The molecule has 2 aliphatic rings. The third kappa shape index (κ3) is 2.74. The number of hydrogen-bond donors (Lipinski definition) is 1. The summed E-state index contributed by atoms with van der Waals surface area (Å²) in [5.74, 6) is -0.0572. The van der Waals surface area contributed by atoms with Crippen LogP contribution in [-0.2, 0) is 13.0 Å². The Morgan fingerprint density at radius 3 is 3.17 bits per heavy atom. The van der Waals surface area contributed by atoms with Crippen molar-refractivity contribution in [2.24, 2.45) is 0 Å². The van der Waals surface area contributed by atoms with E-state index in [9.17, 15) is 4.79 Å². The third-order valence-electron chi connectivity index (χ3n) is 4.70. The highest BCUT2D eigenvalue weighted by Gasteiger charge is 2.27. The van der Waals surface area contributed by atoms with E-state index in [4.69, 9.17) is 0 Å². The molecule has 1 N–H and O–H groups in total. The Bertz CT molecular complexity index is 732. The van der Waals surface area contributed by atoms with Gasteiger partial charge in [0.15, 0.2) is 5.69 Å².